The smallest absolute Gasteiger partial charge is 0.139 e. The lowest BCUT2D eigenvalue weighted by Gasteiger charge is -2.36. The average molecular weight is 306 g/mol. The van der Waals surface area contributed by atoms with Crippen LogP contribution in [0.1, 0.15) is 80.1 Å². The van der Waals surface area contributed by atoms with Crippen molar-refractivity contribution in [3.63, 3.8) is 0 Å². The molecule has 4 aliphatic rings. The van der Waals surface area contributed by atoms with Gasteiger partial charge in [-0.3, -0.25) is 4.79 Å². The molecule has 22 heavy (non-hydrogen) atoms. The maximum Gasteiger partial charge on any atom is 0.139 e. The zero-order valence-corrected chi connectivity index (χ0v) is 15.3. The second kappa shape index (κ2) is 4.59. The third kappa shape index (κ3) is 1.79. The van der Waals surface area contributed by atoms with E-state index in [0.717, 1.165) is 25.2 Å². The minimum atomic E-state index is -0.0313. The molecule has 0 radical (unpaired) electrons. The normalized spacial score (nSPS) is 50.1. The van der Waals surface area contributed by atoms with Crippen LogP contribution in [0.5, 0.6) is 0 Å². The molecule has 4 aliphatic carbocycles. The highest BCUT2D eigenvalue weighted by Gasteiger charge is 2.61. The lowest BCUT2D eigenvalue weighted by Crippen LogP contribution is -2.35. The van der Waals surface area contributed by atoms with Gasteiger partial charge >= 0.3 is 0 Å². The van der Waals surface area contributed by atoms with Crippen molar-refractivity contribution < 1.29 is 9.90 Å². The molecule has 4 fully saturated rings. The Balaban J connectivity index is 0.000000131. The van der Waals surface area contributed by atoms with Crippen molar-refractivity contribution in [2.24, 2.45) is 33.5 Å². The van der Waals surface area contributed by atoms with E-state index in [9.17, 15) is 9.90 Å². The molecule has 0 aliphatic heterocycles. The molecule has 1 N–H and O–H groups in total. The number of rotatable bonds is 0. The standard InChI is InChI=1S/C10H18O.C10H16O/c2*1-9(2)7-4-5-10(9,3)8(11)6-7/h7-8,11H,4-6H2,1-3H3;7H,4-6H2,1-3H3/t7-,8+,10+;/m1./s1. The summed E-state index contributed by atoms with van der Waals surface area (Å²) >= 11 is 0. The van der Waals surface area contributed by atoms with E-state index in [4.69, 9.17) is 0 Å². The maximum absolute atomic E-state index is 11.6. The van der Waals surface area contributed by atoms with E-state index in [0.29, 0.717) is 17.1 Å². The van der Waals surface area contributed by atoms with Crippen LogP contribution in [0.15, 0.2) is 0 Å². The topological polar surface area (TPSA) is 37.3 Å². The first-order chi connectivity index (χ1) is 9.97. The SMILES string of the molecule is CC1(C)[C@@H]2CC[C@@]1(C)[C@@H](O)C2.CC12CCC(CC1=O)C2(C)C. The summed E-state index contributed by atoms with van der Waals surface area (Å²) in [6.45, 7) is 13.6. The predicted molar refractivity (Wildman–Crippen MR) is 89.5 cm³/mol. The molecule has 2 heteroatoms. The van der Waals surface area contributed by atoms with Crippen molar-refractivity contribution >= 4 is 5.78 Å². The first kappa shape index (κ1) is 16.5. The van der Waals surface area contributed by atoms with Gasteiger partial charge in [-0.15, -0.1) is 0 Å². The van der Waals surface area contributed by atoms with Crippen LogP contribution in [-0.4, -0.2) is 17.0 Å². The van der Waals surface area contributed by atoms with Crippen LogP contribution >= 0.6 is 0 Å². The Hall–Kier alpha value is -0.370. The molecule has 4 saturated carbocycles. The fourth-order valence-corrected chi connectivity index (χ4v) is 6.06. The highest BCUT2D eigenvalue weighted by Crippen LogP contribution is 2.65. The molecule has 0 aromatic carbocycles. The van der Waals surface area contributed by atoms with Gasteiger partial charge in [0.1, 0.15) is 5.78 Å². The maximum atomic E-state index is 11.6. The lowest BCUT2D eigenvalue weighted by atomic mass is 9.70. The molecular weight excluding hydrogens is 272 g/mol. The summed E-state index contributed by atoms with van der Waals surface area (Å²) in [5.41, 5.74) is 0.909. The minimum absolute atomic E-state index is 0.0255. The van der Waals surface area contributed by atoms with Gasteiger partial charge in [-0.2, -0.15) is 0 Å². The number of hydrogen-bond acceptors (Lipinski definition) is 2. The lowest BCUT2D eigenvalue weighted by molar-refractivity contribution is -0.128. The van der Waals surface area contributed by atoms with Gasteiger partial charge in [0.2, 0.25) is 0 Å². The summed E-state index contributed by atoms with van der Waals surface area (Å²) in [6, 6.07) is 0. The van der Waals surface area contributed by atoms with Gasteiger partial charge in [-0.1, -0.05) is 41.5 Å². The second-order valence-corrected chi connectivity index (χ2v) is 10.0. The Kier molecular flexibility index (Phi) is 3.44. The predicted octanol–water partition coefficient (Wildman–Crippen LogP) is 4.60. The third-order valence-electron chi connectivity index (χ3n) is 9.23. The van der Waals surface area contributed by atoms with E-state index in [-0.39, 0.29) is 22.3 Å². The number of aliphatic hydroxyl groups excluding tert-OH is 1. The molecule has 4 rings (SSSR count). The number of carbonyl (C=O) groups excluding carboxylic acids is 1. The Morgan fingerprint density at radius 3 is 1.68 bits per heavy atom. The fourth-order valence-electron chi connectivity index (χ4n) is 6.06. The molecule has 126 valence electrons. The Morgan fingerprint density at radius 1 is 0.909 bits per heavy atom. The quantitative estimate of drug-likeness (QED) is 0.710. The van der Waals surface area contributed by atoms with E-state index in [2.05, 4.69) is 41.5 Å². The zero-order chi connectivity index (χ0) is 16.6. The van der Waals surface area contributed by atoms with Gasteiger partial charge < -0.3 is 5.11 Å². The molecule has 4 bridgehead atoms. The van der Waals surface area contributed by atoms with Crippen LogP contribution in [0.4, 0.5) is 0 Å². The second-order valence-electron chi connectivity index (χ2n) is 10.0. The highest BCUT2D eigenvalue weighted by atomic mass is 16.3. The van der Waals surface area contributed by atoms with Gasteiger partial charge in [0.25, 0.3) is 0 Å². The van der Waals surface area contributed by atoms with Crippen LogP contribution in [-0.2, 0) is 4.79 Å². The number of carbonyl (C=O) groups is 1. The number of Topliss-reactive ketones (excluding diaryl/α,β-unsaturated/α-hetero) is 1. The number of hydrogen-bond donors (Lipinski definition) is 1. The van der Waals surface area contributed by atoms with Crippen LogP contribution < -0.4 is 0 Å². The summed E-state index contributed by atoms with van der Waals surface area (Å²) in [5, 5.41) is 9.81. The summed E-state index contributed by atoms with van der Waals surface area (Å²) in [5.74, 6) is 1.97. The van der Waals surface area contributed by atoms with Crippen molar-refractivity contribution in [1.82, 2.24) is 0 Å². The van der Waals surface area contributed by atoms with E-state index >= 15 is 0 Å². The van der Waals surface area contributed by atoms with Crippen molar-refractivity contribution in [3.05, 3.63) is 0 Å². The molecule has 2 unspecified atom stereocenters. The monoisotopic (exact) mass is 306 g/mol. The van der Waals surface area contributed by atoms with Gasteiger partial charge in [0, 0.05) is 11.8 Å². The summed E-state index contributed by atoms with van der Waals surface area (Å²) in [4.78, 5) is 11.6. The van der Waals surface area contributed by atoms with Gasteiger partial charge in [0.05, 0.1) is 6.10 Å². The molecule has 0 saturated heterocycles. The molecule has 2 nitrogen and oxygen atoms in total. The number of aliphatic hydroxyl groups is 1. The summed E-state index contributed by atoms with van der Waals surface area (Å²) in [7, 11) is 0. The summed E-state index contributed by atoms with van der Waals surface area (Å²) < 4.78 is 0. The first-order valence-electron chi connectivity index (χ1n) is 9.18. The third-order valence-corrected chi connectivity index (χ3v) is 9.23. The van der Waals surface area contributed by atoms with Crippen LogP contribution in [0.25, 0.3) is 0 Å². The van der Waals surface area contributed by atoms with E-state index in [1.807, 2.05) is 0 Å². The molecule has 0 aromatic rings. The molecular formula is C20H34O2. The van der Waals surface area contributed by atoms with Crippen molar-refractivity contribution in [2.75, 3.05) is 0 Å². The fraction of sp³-hybridized carbons (Fsp3) is 0.950. The van der Waals surface area contributed by atoms with E-state index < -0.39 is 0 Å². The largest absolute Gasteiger partial charge is 0.393 e. The van der Waals surface area contributed by atoms with Gasteiger partial charge in [-0.25, -0.2) is 0 Å². The van der Waals surface area contributed by atoms with Crippen molar-refractivity contribution in [2.45, 2.75) is 86.2 Å². The molecule has 5 atom stereocenters. The van der Waals surface area contributed by atoms with Crippen LogP contribution in [0.2, 0.25) is 0 Å². The Bertz CT molecular complexity index is 492. The highest BCUT2D eigenvalue weighted by molar-refractivity contribution is 5.89. The number of ketones is 1. The van der Waals surface area contributed by atoms with E-state index in [1.54, 1.807) is 0 Å². The minimum Gasteiger partial charge on any atom is -0.393 e. The number of fused-ring (bicyclic) bond motifs is 4. The molecule has 0 amide bonds. The summed E-state index contributed by atoms with van der Waals surface area (Å²) in [6.07, 6.45) is 6.83. The molecule has 0 aromatic heterocycles. The average Bonchev–Trinajstić information content (AvgIpc) is 2.91. The van der Waals surface area contributed by atoms with Gasteiger partial charge in [-0.05, 0) is 60.2 Å². The van der Waals surface area contributed by atoms with Crippen molar-refractivity contribution in [3.8, 4) is 0 Å². The molecule has 0 heterocycles. The Labute approximate surface area is 136 Å². The van der Waals surface area contributed by atoms with Gasteiger partial charge in [0.15, 0.2) is 0 Å². The first-order valence-corrected chi connectivity index (χ1v) is 9.18. The van der Waals surface area contributed by atoms with Crippen molar-refractivity contribution in [1.29, 1.82) is 0 Å². The van der Waals surface area contributed by atoms with Crippen LogP contribution in [0, 0.1) is 33.5 Å². The van der Waals surface area contributed by atoms with Crippen LogP contribution in [0.3, 0.4) is 0 Å². The zero-order valence-electron chi connectivity index (χ0n) is 15.3. The molecule has 0 spiro atoms. The van der Waals surface area contributed by atoms with E-state index in [1.165, 1.54) is 19.3 Å². The Morgan fingerprint density at radius 2 is 1.50 bits per heavy atom.